The van der Waals surface area contributed by atoms with Crippen LogP contribution in [0.3, 0.4) is 0 Å². The number of azo groups is 1. The second-order valence-corrected chi connectivity index (χ2v) is 5.35. The molecule has 0 aromatic heterocycles. The number of hydrogen-bond donors (Lipinski definition) is 0. The number of nitrogens with zero attached hydrogens (tertiary/aromatic N) is 4. The third kappa shape index (κ3) is 3.32. The van der Waals surface area contributed by atoms with Gasteiger partial charge in [-0.1, -0.05) is 18.2 Å². The molecule has 0 aliphatic carbocycles. The lowest BCUT2D eigenvalue weighted by Gasteiger charge is -2.30. The van der Waals surface area contributed by atoms with Crippen molar-refractivity contribution in [2.45, 2.75) is 19.3 Å². The zero-order chi connectivity index (χ0) is 15.2. The van der Waals surface area contributed by atoms with E-state index in [0.717, 1.165) is 37.3 Å². The van der Waals surface area contributed by atoms with Gasteiger partial charge in [0.15, 0.2) is 0 Å². The Balaban J connectivity index is 1.79. The van der Waals surface area contributed by atoms with Crippen molar-refractivity contribution in [2.24, 2.45) is 10.2 Å². The van der Waals surface area contributed by atoms with Crippen molar-refractivity contribution in [1.82, 2.24) is 0 Å². The summed E-state index contributed by atoms with van der Waals surface area (Å²) in [6, 6.07) is 18.2. The lowest BCUT2D eigenvalue weighted by Crippen LogP contribution is -2.30. The van der Waals surface area contributed by atoms with Crippen LogP contribution >= 0.6 is 0 Å². The van der Waals surface area contributed by atoms with E-state index in [1.165, 1.54) is 11.3 Å². The van der Waals surface area contributed by atoms with Crippen LogP contribution in [0.2, 0.25) is 0 Å². The maximum atomic E-state index is 8.76. The lowest BCUT2D eigenvalue weighted by atomic mass is 10.0. The maximum Gasteiger partial charge on any atom is 0.0861 e. The summed E-state index contributed by atoms with van der Waals surface area (Å²) >= 11 is 0. The predicted molar refractivity (Wildman–Crippen MR) is 87.8 cm³/mol. The molecule has 0 unspecified atom stereocenters. The molecular weight excluding hydrogens is 272 g/mol. The summed E-state index contributed by atoms with van der Waals surface area (Å²) in [4.78, 5) is 2.29. The number of aryl methyl sites for hydroxylation is 1. The van der Waals surface area contributed by atoms with E-state index in [4.69, 9.17) is 5.26 Å². The van der Waals surface area contributed by atoms with Crippen molar-refractivity contribution in [2.75, 3.05) is 18.0 Å². The van der Waals surface area contributed by atoms with Gasteiger partial charge in [0.05, 0.1) is 23.9 Å². The Morgan fingerprint density at radius 1 is 1.05 bits per heavy atom. The molecule has 0 atom stereocenters. The molecule has 4 heteroatoms. The fraction of sp³-hybridized carbons (Fsp3) is 0.278. The first-order valence-electron chi connectivity index (χ1n) is 7.58. The maximum absolute atomic E-state index is 8.76. The van der Waals surface area contributed by atoms with Crippen LogP contribution in [0.5, 0.6) is 0 Å². The Morgan fingerprint density at radius 2 is 1.86 bits per heavy atom. The summed E-state index contributed by atoms with van der Waals surface area (Å²) in [5.74, 6) is 0. The van der Waals surface area contributed by atoms with E-state index in [0.29, 0.717) is 6.42 Å². The molecule has 0 saturated carbocycles. The molecule has 2 aromatic carbocycles. The highest BCUT2D eigenvalue weighted by Crippen LogP contribution is 2.31. The van der Waals surface area contributed by atoms with E-state index in [9.17, 15) is 0 Å². The standard InChI is InChI=1S/C18H18N4/c19-11-5-13-22-12-4-6-15-14-17(9-10-18(15)22)21-20-16-7-2-1-3-8-16/h1-3,7-10,14H,4-6,12-13H2. The highest BCUT2D eigenvalue weighted by Gasteiger charge is 2.16. The minimum Gasteiger partial charge on any atom is -0.370 e. The highest BCUT2D eigenvalue weighted by atomic mass is 15.1. The van der Waals surface area contributed by atoms with Gasteiger partial charge in [-0.15, -0.1) is 0 Å². The molecule has 0 spiro atoms. The van der Waals surface area contributed by atoms with Crippen LogP contribution in [0.15, 0.2) is 58.8 Å². The predicted octanol–water partition coefficient (Wildman–Crippen LogP) is 4.77. The second kappa shape index (κ2) is 6.86. The molecule has 3 rings (SSSR count). The molecule has 0 saturated heterocycles. The minimum absolute atomic E-state index is 0.564. The molecule has 1 aliphatic heterocycles. The number of nitriles is 1. The van der Waals surface area contributed by atoms with Gasteiger partial charge in [0, 0.05) is 18.8 Å². The van der Waals surface area contributed by atoms with Gasteiger partial charge >= 0.3 is 0 Å². The normalized spacial score (nSPS) is 13.9. The summed E-state index contributed by atoms with van der Waals surface area (Å²) in [7, 11) is 0. The molecule has 0 amide bonds. The Kier molecular flexibility index (Phi) is 4.45. The molecule has 22 heavy (non-hydrogen) atoms. The fourth-order valence-electron chi connectivity index (χ4n) is 2.75. The van der Waals surface area contributed by atoms with Crippen LogP contribution in [-0.2, 0) is 6.42 Å². The number of hydrogen-bond acceptors (Lipinski definition) is 4. The number of rotatable bonds is 4. The Bertz CT molecular complexity index is 701. The first-order valence-corrected chi connectivity index (χ1v) is 7.58. The average Bonchev–Trinajstić information content (AvgIpc) is 2.58. The molecule has 0 bridgehead atoms. The lowest BCUT2D eigenvalue weighted by molar-refractivity contribution is 0.694. The topological polar surface area (TPSA) is 51.8 Å². The van der Waals surface area contributed by atoms with Gasteiger partial charge in [-0.25, -0.2) is 0 Å². The van der Waals surface area contributed by atoms with Crippen LogP contribution < -0.4 is 4.90 Å². The van der Waals surface area contributed by atoms with Crippen molar-refractivity contribution in [3.05, 3.63) is 54.1 Å². The van der Waals surface area contributed by atoms with E-state index in [-0.39, 0.29) is 0 Å². The second-order valence-electron chi connectivity index (χ2n) is 5.35. The SMILES string of the molecule is N#CCCN1CCCc2cc(N=Nc3ccccc3)ccc21. The number of fused-ring (bicyclic) bond motifs is 1. The van der Waals surface area contributed by atoms with Crippen molar-refractivity contribution >= 4 is 17.1 Å². The number of anilines is 1. The third-order valence-corrected chi connectivity index (χ3v) is 3.81. The van der Waals surface area contributed by atoms with Crippen LogP contribution in [-0.4, -0.2) is 13.1 Å². The highest BCUT2D eigenvalue weighted by molar-refractivity contribution is 5.60. The fourth-order valence-corrected chi connectivity index (χ4v) is 2.75. The smallest absolute Gasteiger partial charge is 0.0861 e. The number of benzene rings is 2. The van der Waals surface area contributed by atoms with E-state index in [2.05, 4.69) is 33.3 Å². The van der Waals surface area contributed by atoms with Gasteiger partial charge in [-0.05, 0) is 48.7 Å². The molecule has 1 heterocycles. The van der Waals surface area contributed by atoms with Crippen molar-refractivity contribution in [3.8, 4) is 6.07 Å². The molecule has 0 radical (unpaired) electrons. The Morgan fingerprint density at radius 3 is 2.68 bits per heavy atom. The van der Waals surface area contributed by atoms with Gasteiger partial charge in [0.2, 0.25) is 0 Å². The van der Waals surface area contributed by atoms with E-state index < -0.39 is 0 Å². The average molecular weight is 290 g/mol. The van der Waals surface area contributed by atoms with E-state index in [1.54, 1.807) is 0 Å². The van der Waals surface area contributed by atoms with Crippen LogP contribution in [0.4, 0.5) is 17.1 Å². The molecule has 4 nitrogen and oxygen atoms in total. The summed E-state index contributed by atoms with van der Waals surface area (Å²) in [5.41, 5.74) is 4.27. The summed E-state index contributed by atoms with van der Waals surface area (Å²) < 4.78 is 0. The minimum atomic E-state index is 0.564. The van der Waals surface area contributed by atoms with Crippen LogP contribution in [0.25, 0.3) is 0 Å². The van der Waals surface area contributed by atoms with Crippen LogP contribution in [0.1, 0.15) is 18.4 Å². The van der Waals surface area contributed by atoms with Crippen molar-refractivity contribution in [3.63, 3.8) is 0 Å². The van der Waals surface area contributed by atoms with Gasteiger partial charge in [-0.3, -0.25) is 0 Å². The van der Waals surface area contributed by atoms with E-state index in [1.807, 2.05) is 36.4 Å². The zero-order valence-electron chi connectivity index (χ0n) is 12.4. The van der Waals surface area contributed by atoms with E-state index >= 15 is 0 Å². The molecule has 110 valence electrons. The Labute approximate surface area is 130 Å². The Hall–Kier alpha value is -2.67. The molecule has 0 N–H and O–H groups in total. The van der Waals surface area contributed by atoms with Gasteiger partial charge < -0.3 is 4.90 Å². The first kappa shape index (κ1) is 14.3. The van der Waals surface area contributed by atoms with Gasteiger partial charge in [0.25, 0.3) is 0 Å². The summed E-state index contributed by atoms with van der Waals surface area (Å²) in [5, 5.41) is 17.4. The largest absolute Gasteiger partial charge is 0.370 e. The molecular formula is C18H18N4. The first-order chi connectivity index (χ1) is 10.9. The van der Waals surface area contributed by atoms with Crippen molar-refractivity contribution in [1.29, 1.82) is 5.26 Å². The molecule has 0 fully saturated rings. The van der Waals surface area contributed by atoms with Crippen molar-refractivity contribution < 1.29 is 0 Å². The van der Waals surface area contributed by atoms with Crippen LogP contribution in [0, 0.1) is 11.3 Å². The van der Waals surface area contributed by atoms with Gasteiger partial charge in [-0.2, -0.15) is 15.5 Å². The molecule has 2 aromatic rings. The summed E-state index contributed by atoms with van der Waals surface area (Å²) in [6.45, 7) is 1.83. The zero-order valence-corrected chi connectivity index (χ0v) is 12.4. The summed E-state index contributed by atoms with van der Waals surface area (Å²) in [6.07, 6.45) is 2.75. The van der Waals surface area contributed by atoms with Gasteiger partial charge in [0.1, 0.15) is 0 Å². The quantitative estimate of drug-likeness (QED) is 0.762. The monoisotopic (exact) mass is 290 g/mol. The third-order valence-electron chi connectivity index (χ3n) is 3.81. The molecule has 1 aliphatic rings.